The molecule has 2 aromatic heterocycles. The Hall–Kier alpha value is -2.76. The van der Waals surface area contributed by atoms with Gasteiger partial charge in [0.05, 0.1) is 30.5 Å². The van der Waals surface area contributed by atoms with E-state index in [0.29, 0.717) is 13.1 Å². The van der Waals surface area contributed by atoms with E-state index in [-0.39, 0.29) is 11.9 Å². The van der Waals surface area contributed by atoms with Gasteiger partial charge >= 0.3 is 0 Å². The molecule has 160 valence electrons. The van der Waals surface area contributed by atoms with Crippen LogP contribution in [0.1, 0.15) is 47.1 Å². The summed E-state index contributed by atoms with van der Waals surface area (Å²) in [6.07, 6.45) is 4.67. The van der Waals surface area contributed by atoms with E-state index in [0.717, 1.165) is 47.9 Å². The molecular weight excluding hydrogens is 408 g/mol. The first-order valence-corrected chi connectivity index (χ1v) is 11.1. The lowest BCUT2D eigenvalue weighted by Crippen LogP contribution is -2.37. The van der Waals surface area contributed by atoms with Crippen molar-refractivity contribution in [2.75, 3.05) is 13.1 Å². The fraction of sp³-hybridized carbons (Fsp3) is 0.320. The summed E-state index contributed by atoms with van der Waals surface area (Å²) in [7, 11) is 0. The van der Waals surface area contributed by atoms with Gasteiger partial charge in [0.2, 0.25) is 5.91 Å². The molecule has 1 N–H and O–H groups in total. The molecule has 1 amide bonds. The molecule has 1 aromatic carbocycles. The number of benzene rings is 1. The van der Waals surface area contributed by atoms with Gasteiger partial charge in [-0.3, -0.25) is 19.7 Å². The molecule has 4 rings (SSSR count). The summed E-state index contributed by atoms with van der Waals surface area (Å²) in [5.74, 6) is 0.0200. The van der Waals surface area contributed by atoms with E-state index in [1.807, 2.05) is 37.3 Å². The van der Waals surface area contributed by atoms with E-state index in [1.54, 1.807) is 6.20 Å². The molecule has 0 saturated carbocycles. The molecule has 1 atom stereocenters. The SMILES string of the molecule is Cc1cc(Cc2ccc(Cl)cc2)cc(C2CCCN2CC(=O)NCc2ccccn2)n1. The Morgan fingerprint density at radius 2 is 2.00 bits per heavy atom. The normalized spacial score (nSPS) is 16.4. The highest BCUT2D eigenvalue weighted by molar-refractivity contribution is 6.30. The average molecular weight is 435 g/mol. The van der Waals surface area contributed by atoms with Gasteiger partial charge in [0, 0.05) is 16.9 Å². The Kier molecular flexibility index (Phi) is 6.95. The molecule has 5 nitrogen and oxygen atoms in total. The van der Waals surface area contributed by atoms with Crippen LogP contribution in [0.3, 0.4) is 0 Å². The maximum Gasteiger partial charge on any atom is 0.234 e. The number of hydrogen-bond donors (Lipinski definition) is 1. The molecule has 1 unspecified atom stereocenters. The minimum Gasteiger partial charge on any atom is -0.349 e. The van der Waals surface area contributed by atoms with Gasteiger partial charge in [0.25, 0.3) is 0 Å². The van der Waals surface area contributed by atoms with Crippen molar-refractivity contribution in [1.82, 2.24) is 20.2 Å². The molecule has 1 fully saturated rings. The monoisotopic (exact) mass is 434 g/mol. The minimum absolute atomic E-state index is 0.0200. The van der Waals surface area contributed by atoms with Gasteiger partial charge in [-0.1, -0.05) is 29.8 Å². The molecule has 31 heavy (non-hydrogen) atoms. The maximum atomic E-state index is 12.5. The van der Waals surface area contributed by atoms with Gasteiger partial charge in [-0.25, -0.2) is 0 Å². The average Bonchev–Trinajstić information content (AvgIpc) is 3.22. The van der Waals surface area contributed by atoms with Crippen molar-refractivity contribution in [3.05, 3.63) is 94.0 Å². The van der Waals surface area contributed by atoms with Crippen molar-refractivity contribution >= 4 is 17.5 Å². The van der Waals surface area contributed by atoms with E-state index in [2.05, 4.69) is 39.5 Å². The van der Waals surface area contributed by atoms with Crippen molar-refractivity contribution in [3.8, 4) is 0 Å². The zero-order valence-corrected chi connectivity index (χ0v) is 18.5. The van der Waals surface area contributed by atoms with Gasteiger partial charge < -0.3 is 5.32 Å². The number of amides is 1. The van der Waals surface area contributed by atoms with Crippen LogP contribution in [0.4, 0.5) is 0 Å². The highest BCUT2D eigenvalue weighted by atomic mass is 35.5. The van der Waals surface area contributed by atoms with Crippen molar-refractivity contribution in [1.29, 1.82) is 0 Å². The van der Waals surface area contributed by atoms with Gasteiger partial charge in [0.1, 0.15) is 0 Å². The fourth-order valence-electron chi connectivity index (χ4n) is 4.16. The van der Waals surface area contributed by atoms with Crippen LogP contribution in [0.25, 0.3) is 0 Å². The molecule has 0 bridgehead atoms. The van der Waals surface area contributed by atoms with Crippen LogP contribution in [-0.4, -0.2) is 33.9 Å². The second-order valence-corrected chi connectivity index (χ2v) is 8.51. The van der Waals surface area contributed by atoms with Gasteiger partial charge in [0.15, 0.2) is 0 Å². The number of halogens is 1. The molecule has 1 saturated heterocycles. The van der Waals surface area contributed by atoms with Crippen LogP contribution in [0, 0.1) is 6.92 Å². The van der Waals surface area contributed by atoms with Crippen molar-refractivity contribution < 1.29 is 4.79 Å². The Morgan fingerprint density at radius 3 is 2.77 bits per heavy atom. The van der Waals surface area contributed by atoms with Gasteiger partial charge in [-0.05, 0) is 80.3 Å². The number of pyridine rings is 2. The summed E-state index contributed by atoms with van der Waals surface area (Å²) < 4.78 is 0. The van der Waals surface area contributed by atoms with Crippen LogP contribution < -0.4 is 5.32 Å². The van der Waals surface area contributed by atoms with E-state index < -0.39 is 0 Å². The predicted octanol–water partition coefficient (Wildman–Crippen LogP) is 4.48. The number of hydrogen-bond acceptors (Lipinski definition) is 4. The maximum absolute atomic E-state index is 12.5. The number of nitrogens with zero attached hydrogens (tertiary/aromatic N) is 3. The first-order valence-electron chi connectivity index (χ1n) is 10.7. The zero-order chi connectivity index (χ0) is 21.6. The predicted molar refractivity (Wildman–Crippen MR) is 123 cm³/mol. The fourth-order valence-corrected chi connectivity index (χ4v) is 4.29. The molecule has 1 aliphatic rings. The first-order chi connectivity index (χ1) is 15.1. The minimum atomic E-state index is 0.0200. The molecule has 0 spiro atoms. The summed E-state index contributed by atoms with van der Waals surface area (Å²) in [6, 6.07) is 18.2. The number of carbonyl (C=O) groups excluding carboxylic acids is 1. The third-order valence-corrected chi connectivity index (χ3v) is 5.85. The number of aromatic nitrogens is 2. The summed E-state index contributed by atoms with van der Waals surface area (Å²) >= 11 is 6.01. The lowest BCUT2D eigenvalue weighted by molar-refractivity contribution is -0.122. The molecule has 6 heteroatoms. The van der Waals surface area contributed by atoms with E-state index in [4.69, 9.17) is 16.6 Å². The standard InChI is InChI=1S/C25H27ClN4O/c1-18-13-20(14-19-7-9-21(26)10-8-19)15-23(29-18)24-6-4-12-30(24)17-25(31)28-16-22-5-2-3-11-27-22/h2-3,5,7-11,13,15,24H,4,6,12,14,16-17H2,1H3,(H,28,31). The van der Waals surface area contributed by atoms with Crippen LogP contribution in [0.5, 0.6) is 0 Å². The number of rotatable bonds is 7. The Balaban J connectivity index is 1.42. The van der Waals surface area contributed by atoms with Crippen LogP contribution in [-0.2, 0) is 17.8 Å². The molecule has 0 radical (unpaired) electrons. The summed E-state index contributed by atoms with van der Waals surface area (Å²) in [4.78, 5) is 23.9. The largest absolute Gasteiger partial charge is 0.349 e. The van der Waals surface area contributed by atoms with Crippen molar-refractivity contribution in [2.24, 2.45) is 0 Å². The van der Waals surface area contributed by atoms with Crippen LogP contribution in [0.2, 0.25) is 5.02 Å². The molecular formula is C25H27ClN4O. The third-order valence-electron chi connectivity index (χ3n) is 5.60. The number of likely N-dealkylation sites (tertiary alicyclic amines) is 1. The zero-order valence-electron chi connectivity index (χ0n) is 17.7. The van der Waals surface area contributed by atoms with Crippen molar-refractivity contribution in [2.45, 2.75) is 38.8 Å². The van der Waals surface area contributed by atoms with E-state index in [9.17, 15) is 4.79 Å². The van der Waals surface area contributed by atoms with Gasteiger partial charge in [-0.15, -0.1) is 0 Å². The van der Waals surface area contributed by atoms with E-state index in [1.165, 1.54) is 11.1 Å². The Morgan fingerprint density at radius 1 is 1.16 bits per heavy atom. The smallest absolute Gasteiger partial charge is 0.234 e. The van der Waals surface area contributed by atoms with E-state index >= 15 is 0 Å². The second kappa shape index (κ2) is 10.0. The summed E-state index contributed by atoms with van der Waals surface area (Å²) in [5.41, 5.74) is 5.38. The molecule has 3 heterocycles. The van der Waals surface area contributed by atoms with Crippen LogP contribution >= 0.6 is 11.6 Å². The second-order valence-electron chi connectivity index (χ2n) is 8.07. The Labute approximate surface area is 188 Å². The number of aryl methyl sites for hydroxylation is 1. The highest BCUT2D eigenvalue weighted by Gasteiger charge is 2.29. The quantitative estimate of drug-likeness (QED) is 0.595. The topological polar surface area (TPSA) is 58.1 Å². The molecule has 1 aliphatic heterocycles. The number of carbonyl (C=O) groups is 1. The highest BCUT2D eigenvalue weighted by Crippen LogP contribution is 2.31. The lowest BCUT2D eigenvalue weighted by Gasteiger charge is -2.24. The third kappa shape index (κ3) is 5.90. The Bertz CT molecular complexity index is 1020. The number of nitrogens with one attached hydrogen (secondary N) is 1. The van der Waals surface area contributed by atoms with Crippen molar-refractivity contribution in [3.63, 3.8) is 0 Å². The van der Waals surface area contributed by atoms with Crippen LogP contribution in [0.15, 0.2) is 60.8 Å². The van der Waals surface area contributed by atoms with Gasteiger partial charge in [-0.2, -0.15) is 0 Å². The summed E-state index contributed by atoms with van der Waals surface area (Å²) in [5, 5.41) is 3.73. The summed E-state index contributed by atoms with van der Waals surface area (Å²) in [6.45, 7) is 3.77. The molecule has 0 aliphatic carbocycles. The lowest BCUT2D eigenvalue weighted by atomic mass is 10.0. The molecule has 3 aromatic rings. The first kappa shape index (κ1) is 21.5.